The number of nitrogens with zero attached hydrogens (tertiary/aromatic N) is 4. The number of amides is 1. The van der Waals surface area contributed by atoms with Gasteiger partial charge in [0.25, 0.3) is 5.91 Å². The number of carbonyl (C=O) groups is 2. The van der Waals surface area contributed by atoms with Crippen LogP contribution in [0, 0.1) is 0 Å². The van der Waals surface area contributed by atoms with Gasteiger partial charge in [0.15, 0.2) is 5.69 Å². The summed E-state index contributed by atoms with van der Waals surface area (Å²) < 4.78 is 44.6. The third kappa shape index (κ3) is 7.39. The molecule has 1 aromatic carbocycles. The summed E-state index contributed by atoms with van der Waals surface area (Å²) in [5, 5.41) is 3.51. The number of ether oxygens (including phenoxy) is 1. The van der Waals surface area contributed by atoms with Gasteiger partial charge in [-0.1, -0.05) is 0 Å². The van der Waals surface area contributed by atoms with E-state index in [4.69, 9.17) is 4.74 Å². The number of esters is 1. The smallest absolute Gasteiger partial charge is 0.435 e. The zero-order valence-electron chi connectivity index (χ0n) is 18.2. The molecule has 0 aliphatic carbocycles. The number of benzene rings is 1. The van der Waals surface area contributed by atoms with E-state index in [-0.39, 0.29) is 12.5 Å². The van der Waals surface area contributed by atoms with Crippen molar-refractivity contribution >= 4 is 11.9 Å². The van der Waals surface area contributed by atoms with Crippen LogP contribution in [0.1, 0.15) is 36.8 Å². The van der Waals surface area contributed by atoms with E-state index in [0.717, 1.165) is 10.7 Å². The molecule has 0 unspecified atom stereocenters. The molecule has 0 bridgehead atoms. The second kappa shape index (κ2) is 9.51. The molecular formula is C21H27F3N4O3. The quantitative estimate of drug-likeness (QED) is 0.619. The van der Waals surface area contributed by atoms with Crippen molar-refractivity contribution in [1.82, 2.24) is 19.6 Å². The predicted molar refractivity (Wildman–Crippen MR) is 109 cm³/mol. The van der Waals surface area contributed by atoms with Crippen molar-refractivity contribution in [3.8, 4) is 5.69 Å². The number of carbonyl (C=O) groups excluding carboxylic acids is 2. The molecular weight excluding hydrogens is 413 g/mol. The third-order valence-corrected chi connectivity index (χ3v) is 4.10. The van der Waals surface area contributed by atoms with Gasteiger partial charge >= 0.3 is 12.1 Å². The average molecular weight is 440 g/mol. The number of likely N-dealkylation sites (N-methyl/N-ethyl adjacent to an activating group) is 1. The fourth-order valence-electron chi connectivity index (χ4n) is 2.66. The summed E-state index contributed by atoms with van der Waals surface area (Å²) in [5.74, 6) is -0.900. The topological polar surface area (TPSA) is 67.7 Å². The van der Waals surface area contributed by atoms with Crippen LogP contribution in [0.25, 0.3) is 5.69 Å². The average Bonchev–Trinajstić information content (AvgIpc) is 3.13. The molecule has 7 nitrogen and oxygen atoms in total. The molecule has 0 saturated heterocycles. The molecule has 0 aliphatic rings. The molecule has 0 aliphatic heterocycles. The Bertz CT molecular complexity index is 900. The molecule has 0 spiro atoms. The second-order valence-electron chi connectivity index (χ2n) is 8.31. The first kappa shape index (κ1) is 24.4. The van der Waals surface area contributed by atoms with E-state index in [1.54, 1.807) is 20.8 Å². The van der Waals surface area contributed by atoms with Crippen LogP contribution in [0.3, 0.4) is 0 Å². The second-order valence-corrected chi connectivity index (χ2v) is 8.31. The van der Waals surface area contributed by atoms with Gasteiger partial charge in [-0.3, -0.25) is 9.59 Å². The lowest BCUT2D eigenvalue weighted by Crippen LogP contribution is -2.42. The summed E-state index contributed by atoms with van der Waals surface area (Å²) in [6.45, 7) is 5.88. The summed E-state index contributed by atoms with van der Waals surface area (Å²) in [6, 6.07) is 6.85. The molecule has 0 fully saturated rings. The molecule has 1 aromatic heterocycles. The predicted octanol–water partition coefficient (Wildman–Crippen LogP) is 3.24. The number of halogens is 3. The van der Waals surface area contributed by atoms with Crippen LogP contribution in [-0.4, -0.2) is 70.8 Å². The molecule has 0 atom stereocenters. The van der Waals surface area contributed by atoms with Crippen molar-refractivity contribution in [1.29, 1.82) is 0 Å². The fraction of sp³-hybridized carbons (Fsp3) is 0.476. The highest BCUT2D eigenvalue weighted by Gasteiger charge is 2.33. The minimum atomic E-state index is -4.53. The summed E-state index contributed by atoms with van der Waals surface area (Å²) in [7, 11) is 3.70. The highest BCUT2D eigenvalue weighted by atomic mass is 19.4. The van der Waals surface area contributed by atoms with E-state index in [1.807, 2.05) is 19.0 Å². The van der Waals surface area contributed by atoms with Gasteiger partial charge in [0.2, 0.25) is 0 Å². The molecule has 2 rings (SSSR count). The van der Waals surface area contributed by atoms with Crippen LogP contribution in [0.2, 0.25) is 0 Å². The Kier molecular flexibility index (Phi) is 7.48. The highest BCUT2D eigenvalue weighted by Crippen LogP contribution is 2.27. The Hall–Kier alpha value is -2.88. The summed E-state index contributed by atoms with van der Waals surface area (Å²) in [5.41, 5.74) is -0.998. The first-order valence-electron chi connectivity index (χ1n) is 9.65. The van der Waals surface area contributed by atoms with Crippen LogP contribution in [0.4, 0.5) is 13.2 Å². The number of hydrogen-bond acceptors (Lipinski definition) is 5. The molecule has 1 heterocycles. The molecule has 0 radical (unpaired) electrons. The van der Waals surface area contributed by atoms with Gasteiger partial charge in [0, 0.05) is 24.8 Å². The number of rotatable bonds is 7. The molecule has 0 N–H and O–H groups in total. The first-order valence-corrected chi connectivity index (χ1v) is 9.65. The van der Waals surface area contributed by atoms with Crippen LogP contribution in [0.15, 0.2) is 36.5 Å². The van der Waals surface area contributed by atoms with E-state index < -0.39 is 23.4 Å². The van der Waals surface area contributed by atoms with E-state index >= 15 is 0 Å². The number of aromatic nitrogens is 2. The highest BCUT2D eigenvalue weighted by molar-refractivity contribution is 5.96. The van der Waals surface area contributed by atoms with Gasteiger partial charge in [-0.15, -0.1) is 0 Å². The van der Waals surface area contributed by atoms with Crippen molar-refractivity contribution in [3.63, 3.8) is 0 Å². The minimum absolute atomic E-state index is 0.209. The lowest BCUT2D eigenvalue weighted by molar-refractivity contribution is -0.155. The summed E-state index contributed by atoms with van der Waals surface area (Å²) in [4.78, 5) is 28.5. The maximum atomic E-state index is 13.0. The largest absolute Gasteiger partial charge is 0.459 e. The SMILES string of the molecule is CN(C)CCN(CC(=O)OC(C)(C)C)C(=O)c1ccc(-n2ccc(C(F)(F)F)n2)cc1. The minimum Gasteiger partial charge on any atom is -0.459 e. The zero-order chi connectivity index (χ0) is 23.4. The molecule has 31 heavy (non-hydrogen) atoms. The van der Waals surface area contributed by atoms with Gasteiger partial charge in [0.1, 0.15) is 12.1 Å². The standard InChI is InChI=1S/C21H27F3N4O3/c1-20(2,3)31-18(29)14-27(13-12-26(4)5)19(30)15-6-8-16(9-7-15)28-11-10-17(25-28)21(22,23)24/h6-11H,12-14H2,1-5H3. The maximum Gasteiger partial charge on any atom is 0.435 e. The van der Waals surface area contributed by atoms with Gasteiger partial charge in [0.05, 0.1) is 5.69 Å². The molecule has 1 amide bonds. The van der Waals surface area contributed by atoms with Gasteiger partial charge in [-0.2, -0.15) is 18.3 Å². The Labute approximate surface area is 179 Å². The summed E-state index contributed by atoms with van der Waals surface area (Å²) >= 11 is 0. The van der Waals surface area contributed by atoms with Crippen LogP contribution < -0.4 is 0 Å². The van der Waals surface area contributed by atoms with Gasteiger partial charge in [-0.25, -0.2) is 4.68 Å². The zero-order valence-corrected chi connectivity index (χ0v) is 18.2. The summed E-state index contributed by atoms with van der Waals surface area (Å²) in [6.07, 6.45) is -3.33. The normalized spacial score (nSPS) is 12.2. The van der Waals surface area contributed by atoms with E-state index in [2.05, 4.69) is 5.10 Å². The Balaban J connectivity index is 2.17. The van der Waals surface area contributed by atoms with Crippen LogP contribution >= 0.6 is 0 Å². The molecule has 0 saturated carbocycles. The van der Waals surface area contributed by atoms with E-state index in [1.165, 1.54) is 35.4 Å². The number of hydrogen-bond donors (Lipinski definition) is 0. The van der Waals surface area contributed by atoms with Gasteiger partial charge < -0.3 is 14.5 Å². The Morgan fingerprint density at radius 1 is 1.03 bits per heavy atom. The first-order chi connectivity index (χ1) is 14.3. The van der Waals surface area contributed by atoms with Crippen molar-refractivity contribution < 1.29 is 27.5 Å². The number of alkyl halides is 3. The van der Waals surface area contributed by atoms with Crippen molar-refractivity contribution in [3.05, 3.63) is 47.8 Å². The maximum absolute atomic E-state index is 13.0. The Morgan fingerprint density at radius 2 is 1.65 bits per heavy atom. The Morgan fingerprint density at radius 3 is 2.13 bits per heavy atom. The van der Waals surface area contributed by atoms with Crippen LogP contribution in [0.5, 0.6) is 0 Å². The molecule has 170 valence electrons. The fourth-order valence-corrected chi connectivity index (χ4v) is 2.66. The van der Waals surface area contributed by atoms with Crippen molar-refractivity contribution in [2.45, 2.75) is 32.5 Å². The third-order valence-electron chi connectivity index (χ3n) is 4.10. The van der Waals surface area contributed by atoms with E-state index in [9.17, 15) is 22.8 Å². The lowest BCUT2D eigenvalue weighted by atomic mass is 10.1. The van der Waals surface area contributed by atoms with Gasteiger partial charge in [-0.05, 0) is 65.2 Å². The lowest BCUT2D eigenvalue weighted by Gasteiger charge is -2.26. The van der Waals surface area contributed by atoms with Crippen LogP contribution in [-0.2, 0) is 15.7 Å². The van der Waals surface area contributed by atoms with E-state index in [0.29, 0.717) is 24.3 Å². The molecule has 10 heteroatoms. The van der Waals surface area contributed by atoms with Crippen molar-refractivity contribution in [2.24, 2.45) is 0 Å². The van der Waals surface area contributed by atoms with Crippen molar-refractivity contribution in [2.75, 3.05) is 33.7 Å². The monoisotopic (exact) mass is 440 g/mol. The molecule has 2 aromatic rings.